The molecule has 0 aromatic carbocycles. The van der Waals surface area contributed by atoms with Crippen LogP contribution in [0.1, 0.15) is 64.3 Å². The van der Waals surface area contributed by atoms with Crippen molar-refractivity contribution >= 4 is 11.6 Å². The van der Waals surface area contributed by atoms with Crippen LogP contribution >= 0.6 is 0 Å². The molecule has 1 aliphatic heterocycles. The Bertz CT molecular complexity index is 490. The van der Waals surface area contributed by atoms with Crippen molar-refractivity contribution in [2.45, 2.75) is 59.8 Å². The van der Waals surface area contributed by atoms with E-state index in [1.165, 1.54) is 19.3 Å². The molecule has 0 atom stereocenters. The average molecular weight is 291 g/mol. The summed E-state index contributed by atoms with van der Waals surface area (Å²) in [6, 6.07) is 0. The minimum atomic E-state index is 0.294. The van der Waals surface area contributed by atoms with E-state index in [9.17, 15) is 0 Å². The van der Waals surface area contributed by atoms with Crippen LogP contribution in [0.5, 0.6) is 0 Å². The summed E-state index contributed by atoms with van der Waals surface area (Å²) in [5.41, 5.74) is 4.24. The van der Waals surface area contributed by atoms with Gasteiger partial charge in [-0.05, 0) is 25.2 Å². The average Bonchev–Trinajstić information content (AvgIpc) is 2.48. The Morgan fingerprint density at radius 1 is 1.29 bits per heavy atom. The van der Waals surface area contributed by atoms with E-state index in [4.69, 9.17) is 10.8 Å². The zero-order valence-corrected chi connectivity index (χ0v) is 14.0. The Balaban J connectivity index is 2.29. The second-order valence-corrected chi connectivity index (χ2v) is 6.83. The van der Waals surface area contributed by atoms with E-state index in [1.54, 1.807) is 0 Å². The first-order valence-electron chi connectivity index (χ1n) is 8.00. The molecule has 0 amide bonds. The standard InChI is InChI=1S/C16H29N5/c1-6-16(5)7-9-21(10-8-16)15-12(4)14(20-17)18-13(19-15)11(2)3/h11H,6-10,17H2,1-5H3,(H,18,19,20). The highest BCUT2D eigenvalue weighted by atomic mass is 15.3. The van der Waals surface area contributed by atoms with Crippen molar-refractivity contribution in [1.29, 1.82) is 0 Å². The van der Waals surface area contributed by atoms with Crippen molar-refractivity contribution in [3.63, 3.8) is 0 Å². The Kier molecular flexibility index (Phi) is 4.71. The second kappa shape index (κ2) is 6.18. The lowest BCUT2D eigenvalue weighted by molar-refractivity contribution is 0.237. The summed E-state index contributed by atoms with van der Waals surface area (Å²) in [5, 5.41) is 0. The molecule has 1 fully saturated rings. The molecule has 5 heteroatoms. The van der Waals surface area contributed by atoms with E-state index in [-0.39, 0.29) is 0 Å². The quantitative estimate of drug-likeness (QED) is 0.658. The number of nitrogen functional groups attached to an aromatic ring is 1. The molecular formula is C16H29N5. The molecule has 3 N–H and O–H groups in total. The SMILES string of the molecule is CCC1(C)CCN(c2nc(C(C)C)nc(NN)c2C)CC1. The van der Waals surface area contributed by atoms with Crippen LogP contribution in [0.25, 0.3) is 0 Å². The normalized spacial score (nSPS) is 18.1. The van der Waals surface area contributed by atoms with Gasteiger partial charge >= 0.3 is 0 Å². The van der Waals surface area contributed by atoms with Gasteiger partial charge in [0.25, 0.3) is 0 Å². The summed E-state index contributed by atoms with van der Waals surface area (Å²) >= 11 is 0. The van der Waals surface area contributed by atoms with Gasteiger partial charge in [0.15, 0.2) is 0 Å². The lowest BCUT2D eigenvalue weighted by atomic mass is 9.78. The van der Waals surface area contributed by atoms with Crippen molar-refractivity contribution < 1.29 is 0 Å². The molecule has 1 aromatic heterocycles. The minimum absolute atomic E-state index is 0.294. The first-order chi connectivity index (χ1) is 9.90. The number of hydrogen-bond donors (Lipinski definition) is 2. The van der Waals surface area contributed by atoms with Crippen LogP contribution in [-0.4, -0.2) is 23.1 Å². The predicted molar refractivity (Wildman–Crippen MR) is 88.5 cm³/mol. The first kappa shape index (κ1) is 16.0. The molecule has 1 aliphatic rings. The number of anilines is 2. The minimum Gasteiger partial charge on any atom is -0.356 e. The van der Waals surface area contributed by atoms with Crippen molar-refractivity contribution in [1.82, 2.24) is 9.97 Å². The fraction of sp³-hybridized carbons (Fsp3) is 0.750. The highest BCUT2D eigenvalue weighted by Crippen LogP contribution is 2.36. The van der Waals surface area contributed by atoms with E-state index >= 15 is 0 Å². The molecule has 2 heterocycles. The van der Waals surface area contributed by atoms with Gasteiger partial charge in [-0.15, -0.1) is 0 Å². The van der Waals surface area contributed by atoms with Crippen LogP contribution in [0.15, 0.2) is 0 Å². The third-order valence-electron chi connectivity index (χ3n) is 4.91. The van der Waals surface area contributed by atoms with Crippen molar-refractivity contribution in [2.75, 3.05) is 23.4 Å². The molecule has 0 aliphatic carbocycles. The van der Waals surface area contributed by atoms with Crippen molar-refractivity contribution in [2.24, 2.45) is 11.3 Å². The fourth-order valence-corrected chi connectivity index (χ4v) is 2.84. The van der Waals surface area contributed by atoms with Gasteiger partial charge < -0.3 is 10.3 Å². The third-order valence-corrected chi connectivity index (χ3v) is 4.91. The number of nitrogens with zero attached hydrogens (tertiary/aromatic N) is 3. The van der Waals surface area contributed by atoms with Crippen molar-refractivity contribution in [3.8, 4) is 0 Å². The second-order valence-electron chi connectivity index (χ2n) is 6.83. The van der Waals surface area contributed by atoms with Crippen LogP contribution < -0.4 is 16.2 Å². The predicted octanol–water partition coefficient (Wildman–Crippen LogP) is 3.21. The smallest absolute Gasteiger partial charge is 0.148 e. The van der Waals surface area contributed by atoms with Gasteiger partial charge in [0.1, 0.15) is 17.5 Å². The number of piperidine rings is 1. The van der Waals surface area contributed by atoms with E-state index in [0.717, 1.165) is 36.1 Å². The molecule has 0 radical (unpaired) electrons. The molecular weight excluding hydrogens is 262 g/mol. The Morgan fingerprint density at radius 2 is 1.90 bits per heavy atom. The largest absolute Gasteiger partial charge is 0.356 e. The Morgan fingerprint density at radius 3 is 2.38 bits per heavy atom. The summed E-state index contributed by atoms with van der Waals surface area (Å²) in [6.07, 6.45) is 3.68. The lowest BCUT2D eigenvalue weighted by Gasteiger charge is -2.40. The van der Waals surface area contributed by atoms with Gasteiger partial charge in [-0.3, -0.25) is 0 Å². The summed E-state index contributed by atoms with van der Waals surface area (Å²) in [5.74, 6) is 8.56. The van der Waals surface area contributed by atoms with Gasteiger partial charge in [0, 0.05) is 24.6 Å². The number of nitrogens with one attached hydrogen (secondary N) is 1. The molecule has 21 heavy (non-hydrogen) atoms. The van der Waals surface area contributed by atoms with Gasteiger partial charge in [0.2, 0.25) is 0 Å². The molecule has 118 valence electrons. The summed E-state index contributed by atoms with van der Waals surface area (Å²) in [6.45, 7) is 13.1. The van der Waals surface area contributed by atoms with Crippen LogP contribution in [0.2, 0.25) is 0 Å². The Labute approximate surface area is 128 Å². The number of nitrogens with two attached hydrogens (primary N) is 1. The highest BCUT2D eigenvalue weighted by molar-refractivity contribution is 5.58. The van der Waals surface area contributed by atoms with Gasteiger partial charge in [-0.25, -0.2) is 15.8 Å². The molecule has 1 aromatic rings. The van der Waals surface area contributed by atoms with Crippen LogP contribution in [0, 0.1) is 12.3 Å². The molecule has 0 unspecified atom stereocenters. The maximum atomic E-state index is 5.62. The molecule has 0 spiro atoms. The van der Waals surface area contributed by atoms with E-state index < -0.39 is 0 Å². The maximum absolute atomic E-state index is 5.62. The van der Waals surface area contributed by atoms with Gasteiger partial charge in [-0.1, -0.05) is 34.1 Å². The number of aromatic nitrogens is 2. The Hall–Kier alpha value is -1.36. The molecule has 5 nitrogen and oxygen atoms in total. The zero-order valence-electron chi connectivity index (χ0n) is 14.0. The van der Waals surface area contributed by atoms with Gasteiger partial charge in [-0.2, -0.15) is 0 Å². The summed E-state index contributed by atoms with van der Waals surface area (Å²) in [4.78, 5) is 11.7. The van der Waals surface area contributed by atoms with Crippen LogP contribution in [0.4, 0.5) is 11.6 Å². The monoisotopic (exact) mass is 291 g/mol. The molecule has 0 bridgehead atoms. The molecule has 0 saturated carbocycles. The van der Waals surface area contributed by atoms with Crippen LogP contribution in [0.3, 0.4) is 0 Å². The van der Waals surface area contributed by atoms with Gasteiger partial charge in [0.05, 0.1) is 0 Å². The number of hydrazine groups is 1. The van der Waals surface area contributed by atoms with E-state index in [0.29, 0.717) is 11.3 Å². The topological polar surface area (TPSA) is 67.1 Å². The van der Waals surface area contributed by atoms with E-state index in [1.807, 2.05) is 6.92 Å². The lowest BCUT2D eigenvalue weighted by Crippen LogP contribution is -2.39. The fourth-order valence-electron chi connectivity index (χ4n) is 2.84. The summed E-state index contributed by atoms with van der Waals surface area (Å²) < 4.78 is 0. The first-order valence-corrected chi connectivity index (χ1v) is 8.00. The van der Waals surface area contributed by atoms with Crippen LogP contribution in [-0.2, 0) is 0 Å². The zero-order chi connectivity index (χ0) is 15.6. The molecule has 1 saturated heterocycles. The van der Waals surface area contributed by atoms with E-state index in [2.05, 4.69) is 43.0 Å². The van der Waals surface area contributed by atoms with Crippen molar-refractivity contribution in [3.05, 3.63) is 11.4 Å². The summed E-state index contributed by atoms with van der Waals surface area (Å²) in [7, 11) is 0. The highest BCUT2D eigenvalue weighted by Gasteiger charge is 2.30. The number of rotatable bonds is 4. The number of hydrogen-bond acceptors (Lipinski definition) is 5. The molecule has 2 rings (SSSR count). The maximum Gasteiger partial charge on any atom is 0.148 e. The third kappa shape index (κ3) is 3.28.